The molecule has 114 valence electrons. The number of halogens is 3. The van der Waals surface area contributed by atoms with Gasteiger partial charge in [-0.1, -0.05) is 36.8 Å². The molecule has 0 spiro atoms. The van der Waals surface area contributed by atoms with Crippen LogP contribution in [0.4, 0.5) is 13.2 Å². The van der Waals surface area contributed by atoms with Gasteiger partial charge in [-0.15, -0.1) is 0 Å². The highest BCUT2D eigenvalue weighted by Crippen LogP contribution is 2.23. The molecule has 1 unspecified atom stereocenters. The zero-order valence-corrected chi connectivity index (χ0v) is 12.3. The summed E-state index contributed by atoms with van der Waals surface area (Å²) in [6, 6.07) is 8.29. The summed E-state index contributed by atoms with van der Waals surface area (Å²) in [7, 11) is 0. The first-order valence-electron chi connectivity index (χ1n) is 7.26. The molecule has 1 aromatic rings. The Bertz CT molecular complexity index is 388. The number of benzene rings is 1. The first-order valence-corrected chi connectivity index (χ1v) is 7.26. The Morgan fingerprint density at radius 2 is 2.00 bits per heavy atom. The maximum atomic E-state index is 12.2. The van der Waals surface area contributed by atoms with Crippen LogP contribution in [-0.4, -0.2) is 18.8 Å². The summed E-state index contributed by atoms with van der Waals surface area (Å²) in [5.41, 5.74) is 2.37. The lowest BCUT2D eigenvalue weighted by molar-refractivity contribution is -0.135. The number of rotatable bonds is 8. The van der Waals surface area contributed by atoms with Crippen LogP contribution in [0.15, 0.2) is 24.3 Å². The summed E-state index contributed by atoms with van der Waals surface area (Å²) in [6.45, 7) is 4.94. The molecule has 1 atom stereocenters. The standard InChI is InChI=1S/C16H24F3N/c1-3-10-20-15(8-5-9-16(17,18)19)12-14-7-4-6-13(2)11-14/h4,6-7,11,15,20H,3,5,8-10,12H2,1-2H3. The smallest absolute Gasteiger partial charge is 0.314 e. The highest BCUT2D eigenvalue weighted by molar-refractivity contribution is 5.22. The summed E-state index contributed by atoms with van der Waals surface area (Å²) in [5.74, 6) is 0. The summed E-state index contributed by atoms with van der Waals surface area (Å²) in [6.07, 6.45) is -2.20. The van der Waals surface area contributed by atoms with Gasteiger partial charge in [0.25, 0.3) is 0 Å². The maximum absolute atomic E-state index is 12.2. The number of alkyl halides is 3. The SMILES string of the molecule is CCCNC(CCCC(F)(F)F)Cc1cccc(C)c1. The Morgan fingerprint density at radius 1 is 1.25 bits per heavy atom. The second-order valence-corrected chi connectivity index (χ2v) is 5.35. The topological polar surface area (TPSA) is 12.0 Å². The summed E-state index contributed by atoms with van der Waals surface area (Å²) in [4.78, 5) is 0. The van der Waals surface area contributed by atoms with Crippen molar-refractivity contribution in [2.75, 3.05) is 6.54 Å². The van der Waals surface area contributed by atoms with Gasteiger partial charge in [0.15, 0.2) is 0 Å². The Kier molecular flexibility index (Phi) is 7.06. The van der Waals surface area contributed by atoms with E-state index in [9.17, 15) is 13.2 Å². The van der Waals surface area contributed by atoms with E-state index in [4.69, 9.17) is 0 Å². The Labute approximate surface area is 119 Å². The fourth-order valence-electron chi connectivity index (χ4n) is 2.30. The minimum atomic E-state index is -4.04. The van der Waals surface area contributed by atoms with Crippen molar-refractivity contribution in [2.24, 2.45) is 0 Å². The summed E-state index contributed by atoms with van der Waals surface area (Å²) in [5, 5.41) is 3.36. The van der Waals surface area contributed by atoms with Gasteiger partial charge in [0.2, 0.25) is 0 Å². The van der Waals surface area contributed by atoms with Gasteiger partial charge in [-0.3, -0.25) is 0 Å². The van der Waals surface area contributed by atoms with Crippen LogP contribution in [-0.2, 0) is 6.42 Å². The largest absolute Gasteiger partial charge is 0.389 e. The van der Waals surface area contributed by atoms with E-state index < -0.39 is 12.6 Å². The molecule has 0 aromatic heterocycles. The highest BCUT2D eigenvalue weighted by atomic mass is 19.4. The summed E-state index contributed by atoms with van der Waals surface area (Å²) >= 11 is 0. The fraction of sp³-hybridized carbons (Fsp3) is 0.625. The molecule has 0 aliphatic rings. The minimum absolute atomic E-state index is 0.124. The normalized spacial score (nSPS) is 13.4. The van der Waals surface area contributed by atoms with Crippen molar-refractivity contribution in [2.45, 2.75) is 58.2 Å². The van der Waals surface area contributed by atoms with Crippen LogP contribution >= 0.6 is 0 Å². The lowest BCUT2D eigenvalue weighted by atomic mass is 9.99. The quantitative estimate of drug-likeness (QED) is 0.734. The predicted molar refractivity (Wildman–Crippen MR) is 76.9 cm³/mol. The molecule has 0 saturated carbocycles. The van der Waals surface area contributed by atoms with Crippen LogP contribution in [0.5, 0.6) is 0 Å². The van der Waals surface area contributed by atoms with E-state index in [1.54, 1.807) is 0 Å². The van der Waals surface area contributed by atoms with Crippen molar-refractivity contribution in [3.05, 3.63) is 35.4 Å². The van der Waals surface area contributed by atoms with Gasteiger partial charge in [0.1, 0.15) is 0 Å². The van der Waals surface area contributed by atoms with E-state index >= 15 is 0 Å². The van der Waals surface area contributed by atoms with Gasteiger partial charge in [0, 0.05) is 12.5 Å². The molecule has 1 rings (SSSR count). The molecule has 0 bridgehead atoms. The first kappa shape index (κ1) is 17.0. The average Bonchev–Trinajstić information content (AvgIpc) is 2.34. The van der Waals surface area contributed by atoms with Crippen molar-refractivity contribution >= 4 is 0 Å². The van der Waals surface area contributed by atoms with E-state index in [1.807, 2.05) is 25.1 Å². The zero-order valence-electron chi connectivity index (χ0n) is 12.3. The van der Waals surface area contributed by atoms with Crippen molar-refractivity contribution < 1.29 is 13.2 Å². The monoisotopic (exact) mass is 287 g/mol. The molecule has 0 amide bonds. The van der Waals surface area contributed by atoms with Crippen molar-refractivity contribution in [3.63, 3.8) is 0 Å². The van der Waals surface area contributed by atoms with E-state index in [2.05, 4.69) is 18.3 Å². The lowest BCUT2D eigenvalue weighted by Crippen LogP contribution is -2.32. The van der Waals surface area contributed by atoms with Crippen LogP contribution in [0.2, 0.25) is 0 Å². The van der Waals surface area contributed by atoms with Gasteiger partial charge >= 0.3 is 6.18 Å². The molecule has 0 radical (unpaired) electrons. The van der Waals surface area contributed by atoms with E-state index in [-0.39, 0.29) is 12.5 Å². The van der Waals surface area contributed by atoms with E-state index in [1.165, 1.54) is 11.1 Å². The summed E-state index contributed by atoms with van der Waals surface area (Å²) < 4.78 is 36.7. The molecule has 0 aliphatic carbocycles. The second kappa shape index (κ2) is 8.30. The van der Waals surface area contributed by atoms with Crippen molar-refractivity contribution in [1.82, 2.24) is 5.32 Å². The van der Waals surface area contributed by atoms with Crippen LogP contribution in [0.3, 0.4) is 0 Å². The lowest BCUT2D eigenvalue weighted by Gasteiger charge is -2.19. The van der Waals surface area contributed by atoms with Crippen molar-refractivity contribution in [3.8, 4) is 0 Å². The van der Waals surface area contributed by atoms with Crippen LogP contribution in [0.25, 0.3) is 0 Å². The minimum Gasteiger partial charge on any atom is -0.314 e. The van der Waals surface area contributed by atoms with Gasteiger partial charge in [-0.05, 0) is 44.7 Å². The third-order valence-corrected chi connectivity index (χ3v) is 3.26. The van der Waals surface area contributed by atoms with Crippen LogP contribution in [0, 0.1) is 6.92 Å². The van der Waals surface area contributed by atoms with E-state index in [0.717, 1.165) is 19.4 Å². The highest BCUT2D eigenvalue weighted by Gasteiger charge is 2.26. The average molecular weight is 287 g/mol. The zero-order chi connectivity index (χ0) is 15.0. The Balaban J connectivity index is 2.50. The number of hydrogen-bond donors (Lipinski definition) is 1. The molecule has 0 aliphatic heterocycles. The van der Waals surface area contributed by atoms with Gasteiger partial charge < -0.3 is 5.32 Å². The second-order valence-electron chi connectivity index (χ2n) is 5.35. The predicted octanol–water partition coefficient (Wildman–Crippen LogP) is 4.64. The molecule has 4 heteroatoms. The molecule has 0 saturated heterocycles. The Hall–Kier alpha value is -1.03. The fourth-order valence-corrected chi connectivity index (χ4v) is 2.30. The maximum Gasteiger partial charge on any atom is 0.389 e. The van der Waals surface area contributed by atoms with Crippen molar-refractivity contribution in [1.29, 1.82) is 0 Å². The number of nitrogens with one attached hydrogen (secondary N) is 1. The molecule has 1 N–H and O–H groups in total. The third kappa shape index (κ3) is 7.53. The molecule has 20 heavy (non-hydrogen) atoms. The molecule has 0 fully saturated rings. The molecule has 1 nitrogen and oxygen atoms in total. The molecule has 1 aromatic carbocycles. The molecular weight excluding hydrogens is 263 g/mol. The third-order valence-electron chi connectivity index (χ3n) is 3.26. The van der Waals surface area contributed by atoms with Gasteiger partial charge in [0.05, 0.1) is 0 Å². The molecule has 0 heterocycles. The van der Waals surface area contributed by atoms with Gasteiger partial charge in [-0.2, -0.15) is 13.2 Å². The van der Waals surface area contributed by atoms with Gasteiger partial charge in [-0.25, -0.2) is 0 Å². The Morgan fingerprint density at radius 3 is 2.60 bits per heavy atom. The van der Waals surface area contributed by atoms with E-state index in [0.29, 0.717) is 6.42 Å². The first-order chi connectivity index (χ1) is 9.40. The number of hydrogen-bond acceptors (Lipinski definition) is 1. The number of aryl methyl sites for hydroxylation is 1. The van der Waals surface area contributed by atoms with Crippen LogP contribution < -0.4 is 5.32 Å². The van der Waals surface area contributed by atoms with Crippen LogP contribution in [0.1, 0.15) is 43.7 Å². The molecular formula is C16H24F3N.